The number of nitrogens with zero attached hydrogens (tertiary/aromatic N) is 3. The minimum atomic E-state index is -4.51. The Balaban J connectivity index is 1.42. The number of piperidine rings is 3. The number of alkyl halides is 3. The summed E-state index contributed by atoms with van der Waals surface area (Å²) in [5.74, 6) is 0. The topological polar surface area (TPSA) is 70.2 Å². The highest BCUT2D eigenvalue weighted by Gasteiger charge is 2.45. The Hall–Kier alpha value is -1.85. The number of hydrogen-bond donors (Lipinski definition) is 0. The smallest absolute Gasteiger partial charge is 0.409 e. The monoisotopic (exact) mass is 545 g/mol. The number of ether oxygens (including phenoxy) is 1. The van der Waals surface area contributed by atoms with Crippen LogP contribution in [0.25, 0.3) is 0 Å². The Morgan fingerprint density at radius 3 is 2.16 bits per heavy atom. The first-order valence-electron chi connectivity index (χ1n) is 13.4. The zero-order chi connectivity index (χ0) is 26.6. The molecular formula is C26H38F3N3O4S. The third-order valence-electron chi connectivity index (χ3n) is 7.89. The predicted molar refractivity (Wildman–Crippen MR) is 134 cm³/mol. The zero-order valence-electron chi connectivity index (χ0n) is 21.5. The molecule has 1 aromatic carbocycles. The second kappa shape index (κ2) is 11.9. The maximum absolute atomic E-state index is 13.5. The van der Waals surface area contributed by atoms with Gasteiger partial charge in [0.1, 0.15) is 6.61 Å². The predicted octanol–water partition coefficient (Wildman–Crippen LogP) is 4.95. The maximum Gasteiger partial charge on any atom is 0.409 e. The standard InChI is InChI=1S/C26H38F3N3O4S/c1-20-8-10-24(11-9-20)37(34,35)32-22(18-26(27,28)29)6-5-7-23(32)19-36-25(33)31-16-12-21(13-17-31)30-14-3-2-4-15-30/h8-11,21-23H,2-7,12-19H2,1H3/t22-,23+/m0/s1. The van der Waals surface area contributed by atoms with E-state index in [9.17, 15) is 26.4 Å². The van der Waals surface area contributed by atoms with Gasteiger partial charge in [-0.25, -0.2) is 13.2 Å². The average molecular weight is 546 g/mol. The number of benzene rings is 1. The van der Waals surface area contributed by atoms with E-state index < -0.39 is 40.8 Å². The van der Waals surface area contributed by atoms with Crippen LogP contribution in [-0.2, 0) is 14.8 Å². The maximum atomic E-state index is 13.5. The molecule has 0 spiro atoms. The Labute approximate surface area is 218 Å². The number of carbonyl (C=O) groups is 1. The van der Waals surface area contributed by atoms with Gasteiger partial charge in [0.15, 0.2) is 0 Å². The molecule has 4 rings (SSSR count). The van der Waals surface area contributed by atoms with Crippen molar-refractivity contribution in [2.75, 3.05) is 32.8 Å². The summed E-state index contributed by atoms with van der Waals surface area (Å²) < 4.78 is 73.8. The molecule has 3 aliphatic heterocycles. The number of amides is 1. The van der Waals surface area contributed by atoms with E-state index in [1.54, 1.807) is 24.0 Å². The molecule has 0 saturated carbocycles. The Morgan fingerprint density at radius 1 is 0.919 bits per heavy atom. The van der Waals surface area contributed by atoms with Crippen molar-refractivity contribution in [2.45, 2.75) is 93.9 Å². The lowest BCUT2D eigenvalue weighted by Crippen LogP contribution is -2.53. The molecular weight excluding hydrogens is 507 g/mol. The molecule has 0 aromatic heterocycles. The van der Waals surface area contributed by atoms with Crippen molar-refractivity contribution in [2.24, 2.45) is 0 Å². The molecule has 37 heavy (non-hydrogen) atoms. The Bertz CT molecular complexity index is 1000. The van der Waals surface area contributed by atoms with E-state index in [1.807, 2.05) is 0 Å². The Morgan fingerprint density at radius 2 is 1.54 bits per heavy atom. The van der Waals surface area contributed by atoms with E-state index >= 15 is 0 Å². The van der Waals surface area contributed by atoms with Crippen molar-refractivity contribution in [1.29, 1.82) is 0 Å². The number of sulfonamides is 1. The molecule has 3 fully saturated rings. The summed E-state index contributed by atoms with van der Waals surface area (Å²) in [4.78, 5) is 16.9. The van der Waals surface area contributed by atoms with E-state index in [0.29, 0.717) is 32.0 Å². The minimum absolute atomic E-state index is 0.0525. The van der Waals surface area contributed by atoms with Gasteiger partial charge in [-0.1, -0.05) is 30.5 Å². The van der Waals surface area contributed by atoms with Crippen LogP contribution in [0.1, 0.15) is 63.4 Å². The van der Waals surface area contributed by atoms with Crippen LogP contribution in [0, 0.1) is 6.92 Å². The number of likely N-dealkylation sites (tertiary alicyclic amines) is 2. The van der Waals surface area contributed by atoms with Gasteiger partial charge in [0.25, 0.3) is 0 Å². The van der Waals surface area contributed by atoms with Crippen molar-refractivity contribution in [3.05, 3.63) is 29.8 Å². The van der Waals surface area contributed by atoms with E-state index in [-0.39, 0.29) is 17.9 Å². The summed E-state index contributed by atoms with van der Waals surface area (Å²) in [6, 6.07) is 4.46. The summed E-state index contributed by atoms with van der Waals surface area (Å²) in [5, 5.41) is 0. The van der Waals surface area contributed by atoms with Crippen LogP contribution in [0.2, 0.25) is 0 Å². The second-order valence-electron chi connectivity index (χ2n) is 10.6. The number of aryl methyl sites for hydroxylation is 1. The van der Waals surface area contributed by atoms with E-state index in [2.05, 4.69) is 4.90 Å². The van der Waals surface area contributed by atoms with Gasteiger partial charge in [-0.15, -0.1) is 0 Å². The quantitative estimate of drug-likeness (QED) is 0.506. The van der Waals surface area contributed by atoms with E-state index in [4.69, 9.17) is 4.74 Å². The third kappa shape index (κ3) is 7.17. The highest BCUT2D eigenvalue weighted by atomic mass is 32.2. The van der Waals surface area contributed by atoms with Gasteiger partial charge in [-0.3, -0.25) is 0 Å². The highest BCUT2D eigenvalue weighted by Crippen LogP contribution is 2.36. The zero-order valence-corrected chi connectivity index (χ0v) is 22.3. The first-order chi connectivity index (χ1) is 17.5. The SMILES string of the molecule is Cc1ccc(S(=O)(=O)N2[C@@H](COC(=O)N3CCC(N4CCCCC4)CC3)CCC[C@H]2CC(F)(F)F)cc1. The molecule has 3 heterocycles. The Kier molecular flexibility index (Phi) is 9.06. The van der Waals surface area contributed by atoms with Gasteiger partial charge in [0.2, 0.25) is 10.0 Å². The second-order valence-corrected chi connectivity index (χ2v) is 12.4. The van der Waals surface area contributed by atoms with E-state index in [1.165, 1.54) is 31.4 Å². The average Bonchev–Trinajstić information content (AvgIpc) is 2.87. The molecule has 0 bridgehead atoms. The summed E-state index contributed by atoms with van der Waals surface area (Å²) in [6.07, 6.45) is 0.0243. The molecule has 7 nitrogen and oxygen atoms in total. The van der Waals surface area contributed by atoms with Gasteiger partial charge in [-0.2, -0.15) is 17.5 Å². The molecule has 2 atom stereocenters. The molecule has 11 heteroatoms. The molecule has 208 valence electrons. The van der Waals surface area contributed by atoms with Gasteiger partial charge >= 0.3 is 12.3 Å². The highest BCUT2D eigenvalue weighted by molar-refractivity contribution is 7.89. The lowest BCUT2D eigenvalue weighted by atomic mass is 9.96. The van der Waals surface area contributed by atoms with Crippen molar-refractivity contribution >= 4 is 16.1 Å². The van der Waals surface area contributed by atoms with E-state index in [0.717, 1.165) is 35.8 Å². The van der Waals surface area contributed by atoms with Crippen LogP contribution in [0.5, 0.6) is 0 Å². The fourth-order valence-electron chi connectivity index (χ4n) is 5.94. The van der Waals surface area contributed by atoms with Gasteiger partial charge in [0, 0.05) is 25.2 Å². The van der Waals surface area contributed by atoms with Crippen molar-refractivity contribution in [3.63, 3.8) is 0 Å². The van der Waals surface area contributed by atoms with Crippen LogP contribution in [0.3, 0.4) is 0 Å². The first kappa shape index (κ1) is 28.2. The summed E-state index contributed by atoms with van der Waals surface area (Å²) in [7, 11) is -4.22. The van der Waals surface area contributed by atoms with Crippen molar-refractivity contribution in [3.8, 4) is 0 Å². The molecule has 0 radical (unpaired) electrons. The molecule has 3 saturated heterocycles. The van der Waals surface area contributed by atoms with Crippen LogP contribution in [-0.4, -0.2) is 85.7 Å². The fraction of sp³-hybridized carbons (Fsp3) is 0.731. The third-order valence-corrected chi connectivity index (χ3v) is 9.91. The molecule has 0 N–H and O–H groups in total. The van der Waals surface area contributed by atoms with Crippen LogP contribution >= 0.6 is 0 Å². The molecule has 0 aliphatic carbocycles. The number of carbonyl (C=O) groups excluding carboxylic acids is 1. The normalized spacial score (nSPS) is 25.2. The molecule has 1 aromatic rings. The van der Waals surface area contributed by atoms with Crippen LogP contribution < -0.4 is 0 Å². The first-order valence-corrected chi connectivity index (χ1v) is 14.8. The fourth-order valence-corrected chi connectivity index (χ4v) is 7.79. The van der Waals surface area contributed by atoms with Gasteiger partial charge < -0.3 is 14.5 Å². The molecule has 0 unspecified atom stereocenters. The minimum Gasteiger partial charge on any atom is -0.448 e. The lowest BCUT2D eigenvalue weighted by molar-refractivity contribution is -0.147. The van der Waals surface area contributed by atoms with Crippen molar-refractivity contribution < 1.29 is 31.1 Å². The molecule has 3 aliphatic rings. The lowest BCUT2D eigenvalue weighted by Gasteiger charge is -2.42. The van der Waals surface area contributed by atoms with Gasteiger partial charge in [-0.05, 0) is 70.7 Å². The van der Waals surface area contributed by atoms with Crippen LogP contribution in [0.15, 0.2) is 29.2 Å². The van der Waals surface area contributed by atoms with Crippen LogP contribution in [0.4, 0.5) is 18.0 Å². The number of halogens is 3. The number of hydrogen-bond acceptors (Lipinski definition) is 5. The summed E-state index contributed by atoms with van der Waals surface area (Å²) >= 11 is 0. The van der Waals surface area contributed by atoms with Crippen molar-refractivity contribution in [1.82, 2.24) is 14.1 Å². The number of rotatable bonds is 6. The summed E-state index contributed by atoms with van der Waals surface area (Å²) in [5.41, 5.74) is 0.846. The molecule has 1 amide bonds. The summed E-state index contributed by atoms with van der Waals surface area (Å²) in [6.45, 7) is 4.87. The largest absolute Gasteiger partial charge is 0.448 e. The van der Waals surface area contributed by atoms with Gasteiger partial charge in [0.05, 0.1) is 17.4 Å².